The fourth-order valence-corrected chi connectivity index (χ4v) is 2.45. The molecule has 0 spiro atoms. The quantitative estimate of drug-likeness (QED) is 0.855. The topological polar surface area (TPSA) is 38.3 Å². The molecule has 19 heavy (non-hydrogen) atoms. The summed E-state index contributed by atoms with van der Waals surface area (Å²) in [5.74, 6) is 0.733. The first kappa shape index (κ1) is 11.8. The van der Waals surface area contributed by atoms with Gasteiger partial charge in [0.05, 0.1) is 7.11 Å². The number of rotatable bonds is 3. The lowest BCUT2D eigenvalue weighted by molar-refractivity contribution is 0.103. The molecule has 0 saturated heterocycles. The molecule has 0 radical (unpaired) electrons. The number of ketones is 1. The van der Waals surface area contributed by atoms with Gasteiger partial charge >= 0.3 is 0 Å². The molecule has 1 aliphatic rings. The molecule has 0 aliphatic carbocycles. The molecule has 2 aromatic rings. The van der Waals surface area contributed by atoms with Crippen LogP contribution in [0.2, 0.25) is 0 Å². The minimum Gasteiger partial charge on any atom is -0.497 e. The van der Waals surface area contributed by atoms with Crippen LogP contribution in [0, 0.1) is 0 Å². The summed E-state index contributed by atoms with van der Waals surface area (Å²) in [6.45, 7) is 0.901. The summed E-state index contributed by atoms with van der Waals surface area (Å²) in [4.78, 5) is 12.6. The van der Waals surface area contributed by atoms with E-state index in [1.807, 2.05) is 30.3 Å². The summed E-state index contributed by atoms with van der Waals surface area (Å²) >= 11 is 0. The van der Waals surface area contributed by atoms with Crippen LogP contribution >= 0.6 is 0 Å². The third-order valence-corrected chi connectivity index (χ3v) is 3.42. The molecule has 0 bridgehead atoms. The fraction of sp³-hybridized carbons (Fsp3) is 0.188. The average Bonchev–Trinajstić information content (AvgIpc) is 2.95. The standard InChI is InChI=1S/C16H15NO2/c1-19-13-6-2-5-12(10-13)16(18)14-7-3-4-11-8-9-17-15(11)14/h2-7,10,17H,8-9H2,1H3. The molecule has 3 rings (SSSR count). The number of carbonyl (C=O) groups is 1. The molecule has 3 nitrogen and oxygen atoms in total. The van der Waals surface area contributed by atoms with Crippen LogP contribution in [0.3, 0.4) is 0 Å². The van der Waals surface area contributed by atoms with Gasteiger partial charge in [-0.3, -0.25) is 4.79 Å². The van der Waals surface area contributed by atoms with Crippen LogP contribution in [0.1, 0.15) is 21.5 Å². The summed E-state index contributed by atoms with van der Waals surface area (Å²) < 4.78 is 5.17. The number of hydrogen-bond donors (Lipinski definition) is 1. The van der Waals surface area contributed by atoms with Crippen LogP contribution in [0.4, 0.5) is 5.69 Å². The summed E-state index contributed by atoms with van der Waals surface area (Å²) in [6.07, 6.45) is 0.981. The molecule has 1 N–H and O–H groups in total. The zero-order valence-corrected chi connectivity index (χ0v) is 10.8. The van der Waals surface area contributed by atoms with Crippen molar-refractivity contribution in [2.45, 2.75) is 6.42 Å². The van der Waals surface area contributed by atoms with Gasteiger partial charge in [-0.25, -0.2) is 0 Å². The van der Waals surface area contributed by atoms with Gasteiger partial charge in [-0.1, -0.05) is 24.3 Å². The maximum atomic E-state index is 12.6. The summed E-state index contributed by atoms with van der Waals surface area (Å²) in [5.41, 5.74) is 3.59. The van der Waals surface area contributed by atoms with Crippen molar-refractivity contribution in [3.8, 4) is 5.75 Å². The zero-order chi connectivity index (χ0) is 13.2. The lowest BCUT2D eigenvalue weighted by atomic mass is 9.99. The van der Waals surface area contributed by atoms with E-state index in [-0.39, 0.29) is 5.78 Å². The predicted molar refractivity (Wildman–Crippen MR) is 75.1 cm³/mol. The highest BCUT2D eigenvalue weighted by Crippen LogP contribution is 2.28. The van der Waals surface area contributed by atoms with E-state index < -0.39 is 0 Å². The van der Waals surface area contributed by atoms with E-state index in [2.05, 4.69) is 11.4 Å². The Balaban J connectivity index is 2.02. The van der Waals surface area contributed by atoms with Crippen molar-refractivity contribution in [3.63, 3.8) is 0 Å². The van der Waals surface area contributed by atoms with E-state index in [9.17, 15) is 4.79 Å². The smallest absolute Gasteiger partial charge is 0.195 e. The SMILES string of the molecule is COc1cccc(C(=O)c2cccc3c2NCC3)c1. The molecule has 96 valence electrons. The molecule has 0 saturated carbocycles. The highest BCUT2D eigenvalue weighted by atomic mass is 16.5. The van der Waals surface area contributed by atoms with Crippen LogP contribution in [0.5, 0.6) is 5.75 Å². The second-order valence-electron chi connectivity index (χ2n) is 4.58. The van der Waals surface area contributed by atoms with Gasteiger partial charge in [-0.2, -0.15) is 0 Å². The van der Waals surface area contributed by atoms with E-state index in [0.29, 0.717) is 11.3 Å². The van der Waals surface area contributed by atoms with Crippen molar-refractivity contribution in [3.05, 3.63) is 59.2 Å². The molecule has 0 atom stereocenters. The first-order valence-electron chi connectivity index (χ1n) is 6.34. The second-order valence-corrected chi connectivity index (χ2v) is 4.58. The minimum absolute atomic E-state index is 0.0325. The Labute approximate surface area is 112 Å². The number of hydrogen-bond acceptors (Lipinski definition) is 3. The van der Waals surface area contributed by atoms with Crippen molar-refractivity contribution >= 4 is 11.5 Å². The van der Waals surface area contributed by atoms with Crippen molar-refractivity contribution in [1.82, 2.24) is 0 Å². The molecule has 1 heterocycles. The number of fused-ring (bicyclic) bond motifs is 1. The molecule has 0 aromatic heterocycles. The van der Waals surface area contributed by atoms with Crippen LogP contribution < -0.4 is 10.1 Å². The normalized spacial score (nSPS) is 12.7. The molecule has 3 heteroatoms. The lowest BCUT2D eigenvalue weighted by Crippen LogP contribution is -2.05. The van der Waals surface area contributed by atoms with Gasteiger partial charge < -0.3 is 10.1 Å². The summed E-state index contributed by atoms with van der Waals surface area (Å²) in [6, 6.07) is 13.2. The van der Waals surface area contributed by atoms with Gasteiger partial charge in [0.2, 0.25) is 0 Å². The number of benzene rings is 2. The third-order valence-electron chi connectivity index (χ3n) is 3.42. The fourth-order valence-electron chi connectivity index (χ4n) is 2.45. The first-order valence-corrected chi connectivity index (χ1v) is 6.34. The second kappa shape index (κ2) is 4.76. The molecular weight excluding hydrogens is 238 g/mol. The number of para-hydroxylation sites is 1. The van der Waals surface area contributed by atoms with Crippen molar-refractivity contribution in [2.24, 2.45) is 0 Å². The monoisotopic (exact) mass is 253 g/mol. The van der Waals surface area contributed by atoms with Crippen molar-refractivity contribution in [2.75, 3.05) is 19.0 Å². The Kier molecular flexibility index (Phi) is 2.95. The van der Waals surface area contributed by atoms with Crippen LogP contribution in [0.25, 0.3) is 0 Å². The Morgan fingerprint density at radius 3 is 2.89 bits per heavy atom. The van der Waals surface area contributed by atoms with E-state index in [1.54, 1.807) is 13.2 Å². The Morgan fingerprint density at radius 1 is 1.21 bits per heavy atom. The first-order chi connectivity index (χ1) is 9.29. The number of nitrogens with one attached hydrogen (secondary N) is 1. The van der Waals surface area contributed by atoms with E-state index in [1.165, 1.54) is 5.56 Å². The van der Waals surface area contributed by atoms with Gasteiger partial charge in [-0.15, -0.1) is 0 Å². The maximum Gasteiger partial charge on any atom is 0.195 e. The Morgan fingerprint density at radius 2 is 2.05 bits per heavy atom. The largest absolute Gasteiger partial charge is 0.497 e. The number of carbonyl (C=O) groups excluding carboxylic acids is 1. The van der Waals surface area contributed by atoms with Crippen LogP contribution in [0.15, 0.2) is 42.5 Å². The van der Waals surface area contributed by atoms with Crippen LogP contribution in [-0.2, 0) is 6.42 Å². The summed E-state index contributed by atoms with van der Waals surface area (Å²) in [7, 11) is 1.60. The molecule has 0 amide bonds. The highest BCUT2D eigenvalue weighted by Gasteiger charge is 2.19. The van der Waals surface area contributed by atoms with Gasteiger partial charge in [0.15, 0.2) is 5.78 Å². The Hall–Kier alpha value is -2.29. The average molecular weight is 253 g/mol. The highest BCUT2D eigenvalue weighted by molar-refractivity contribution is 6.13. The van der Waals surface area contributed by atoms with Crippen LogP contribution in [-0.4, -0.2) is 19.4 Å². The molecule has 0 fully saturated rings. The minimum atomic E-state index is 0.0325. The number of anilines is 1. The van der Waals surface area contributed by atoms with Gasteiger partial charge in [-0.05, 0) is 30.2 Å². The third kappa shape index (κ3) is 2.08. The number of ether oxygens (including phenoxy) is 1. The maximum absolute atomic E-state index is 12.6. The molecular formula is C16H15NO2. The van der Waals surface area contributed by atoms with Crippen molar-refractivity contribution < 1.29 is 9.53 Å². The zero-order valence-electron chi connectivity index (χ0n) is 10.8. The van der Waals surface area contributed by atoms with E-state index in [0.717, 1.165) is 24.2 Å². The lowest BCUT2D eigenvalue weighted by Gasteiger charge is -2.08. The Bertz CT molecular complexity index is 634. The predicted octanol–water partition coefficient (Wildman–Crippen LogP) is 2.89. The van der Waals surface area contributed by atoms with Gasteiger partial charge in [0, 0.05) is 23.4 Å². The number of methoxy groups -OCH3 is 1. The molecule has 1 aliphatic heterocycles. The van der Waals surface area contributed by atoms with E-state index in [4.69, 9.17) is 4.74 Å². The van der Waals surface area contributed by atoms with Gasteiger partial charge in [0.25, 0.3) is 0 Å². The van der Waals surface area contributed by atoms with Crippen molar-refractivity contribution in [1.29, 1.82) is 0 Å². The van der Waals surface area contributed by atoms with E-state index >= 15 is 0 Å². The molecule has 0 unspecified atom stereocenters. The summed E-state index contributed by atoms with van der Waals surface area (Å²) in [5, 5.41) is 3.30. The molecule has 2 aromatic carbocycles. The van der Waals surface area contributed by atoms with Gasteiger partial charge in [0.1, 0.15) is 5.75 Å².